The van der Waals surface area contributed by atoms with Crippen LogP contribution < -0.4 is 0 Å². The molecule has 0 radical (unpaired) electrons. The van der Waals surface area contributed by atoms with Gasteiger partial charge in [-0.3, -0.25) is 9.69 Å². The molecular weight excluding hydrogens is 304 g/mol. The molecule has 126 valence electrons. The lowest BCUT2D eigenvalue weighted by Crippen LogP contribution is -2.45. The number of carbonyl (C=O) groups is 1. The number of nitrogens with zero attached hydrogens (tertiary/aromatic N) is 4. The number of aliphatic hydroxyl groups excluding tert-OH is 1. The molecule has 2 rings (SSSR count). The van der Waals surface area contributed by atoms with E-state index in [1.807, 2.05) is 35.2 Å². The Labute approximate surface area is 142 Å². The average molecular weight is 326 g/mol. The molecule has 24 heavy (non-hydrogen) atoms. The Kier molecular flexibility index (Phi) is 6.74. The third kappa shape index (κ3) is 4.32. The van der Waals surface area contributed by atoms with Crippen molar-refractivity contribution < 1.29 is 9.90 Å². The molecule has 1 aliphatic heterocycles. The van der Waals surface area contributed by atoms with Crippen molar-refractivity contribution in [1.82, 2.24) is 9.80 Å². The van der Waals surface area contributed by atoms with E-state index >= 15 is 0 Å². The number of fused-ring (bicyclic) bond motifs is 1. The summed E-state index contributed by atoms with van der Waals surface area (Å²) in [6.45, 7) is 1.53. The third-order valence-electron chi connectivity index (χ3n) is 4.37. The molecule has 0 aliphatic carbocycles. The summed E-state index contributed by atoms with van der Waals surface area (Å²) in [6, 6.07) is 11.9. The largest absolute Gasteiger partial charge is 0.394 e. The Morgan fingerprint density at radius 2 is 1.92 bits per heavy atom. The zero-order chi connectivity index (χ0) is 17.4. The van der Waals surface area contributed by atoms with E-state index in [0.29, 0.717) is 19.6 Å². The Morgan fingerprint density at radius 3 is 2.54 bits per heavy atom. The van der Waals surface area contributed by atoms with Crippen LogP contribution in [0.5, 0.6) is 0 Å². The van der Waals surface area contributed by atoms with E-state index in [-0.39, 0.29) is 37.9 Å². The standard InChI is InChI=1S/C18H22N4O2/c19-8-3-10-21(11-4-9-20)18(24)13-22-12-7-15-5-1-2-6-16(15)17(22)14-23/h1-2,5-6,17,23H,3-4,7,10-14H2. The van der Waals surface area contributed by atoms with Crippen LogP contribution in [-0.2, 0) is 11.2 Å². The number of nitriles is 2. The number of hydrogen-bond acceptors (Lipinski definition) is 5. The first-order valence-corrected chi connectivity index (χ1v) is 8.15. The summed E-state index contributed by atoms with van der Waals surface area (Å²) in [5.74, 6) is -0.0988. The van der Waals surface area contributed by atoms with Crippen molar-refractivity contribution in [2.45, 2.75) is 25.3 Å². The van der Waals surface area contributed by atoms with Crippen molar-refractivity contribution in [3.8, 4) is 12.1 Å². The van der Waals surface area contributed by atoms with Gasteiger partial charge in [-0.2, -0.15) is 10.5 Å². The van der Waals surface area contributed by atoms with Gasteiger partial charge in [0, 0.05) is 19.6 Å². The van der Waals surface area contributed by atoms with Gasteiger partial charge in [-0.05, 0) is 17.5 Å². The Morgan fingerprint density at radius 1 is 1.25 bits per heavy atom. The van der Waals surface area contributed by atoms with Gasteiger partial charge in [0.1, 0.15) is 0 Å². The lowest BCUT2D eigenvalue weighted by molar-refractivity contribution is -0.133. The van der Waals surface area contributed by atoms with Crippen LogP contribution in [0.3, 0.4) is 0 Å². The molecule has 0 bridgehead atoms. The highest BCUT2D eigenvalue weighted by atomic mass is 16.3. The topological polar surface area (TPSA) is 91.4 Å². The summed E-state index contributed by atoms with van der Waals surface area (Å²) < 4.78 is 0. The maximum Gasteiger partial charge on any atom is 0.236 e. The first-order valence-electron chi connectivity index (χ1n) is 8.15. The quantitative estimate of drug-likeness (QED) is 0.814. The Balaban J connectivity index is 2.07. The number of aliphatic hydroxyl groups is 1. The van der Waals surface area contributed by atoms with Crippen molar-refractivity contribution in [3.05, 3.63) is 35.4 Å². The predicted molar refractivity (Wildman–Crippen MR) is 88.6 cm³/mol. The Hall–Kier alpha value is -2.41. The van der Waals surface area contributed by atoms with Crippen LogP contribution in [0.2, 0.25) is 0 Å². The van der Waals surface area contributed by atoms with Gasteiger partial charge in [-0.25, -0.2) is 0 Å². The molecule has 1 heterocycles. The molecule has 6 nitrogen and oxygen atoms in total. The lowest BCUT2D eigenvalue weighted by atomic mass is 9.93. The monoisotopic (exact) mass is 326 g/mol. The molecule has 1 aromatic carbocycles. The molecule has 1 amide bonds. The minimum atomic E-state index is -0.187. The van der Waals surface area contributed by atoms with Crippen molar-refractivity contribution in [3.63, 3.8) is 0 Å². The molecular formula is C18H22N4O2. The fourth-order valence-electron chi connectivity index (χ4n) is 3.11. The van der Waals surface area contributed by atoms with Crippen LogP contribution in [0.1, 0.15) is 30.0 Å². The average Bonchev–Trinajstić information content (AvgIpc) is 2.61. The zero-order valence-electron chi connectivity index (χ0n) is 13.7. The van der Waals surface area contributed by atoms with E-state index in [9.17, 15) is 9.90 Å². The number of benzene rings is 1. The van der Waals surface area contributed by atoms with E-state index in [1.54, 1.807) is 4.90 Å². The van der Waals surface area contributed by atoms with Crippen LogP contribution in [0.25, 0.3) is 0 Å². The van der Waals surface area contributed by atoms with Crippen molar-refractivity contribution >= 4 is 5.91 Å². The molecule has 6 heteroatoms. The minimum Gasteiger partial charge on any atom is -0.394 e. The van der Waals surface area contributed by atoms with E-state index < -0.39 is 0 Å². The van der Waals surface area contributed by atoms with Gasteiger partial charge in [-0.1, -0.05) is 24.3 Å². The maximum atomic E-state index is 12.6. The summed E-state index contributed by atoms with van der Waals surface area (Å²) in [4.78, 5) is 16.1. The van der Waals surface area contributed by atoms with Crippen LogP contribution in [-0.4, -0.2) is 53.6 Å². The van der Waals surface area contributed by atoms with Gasteiger partial charge in [-0.15, -0.1) is 0 Å². The smallest absolute Gasteiger partial charge is 0.236 e. The van der Waals surface area contributed by atoms with Gasteiger partial charge < -0.3 is 10.0 Å². The third-order valence-corrected chi connectivity index (χ3v) is 4.37. The number of carbonyl (C=O) groups excluding carboxylic acids is 1. The first kappa shape index (κ1) is 17.9. The minimum absolute atomic E-state index is 0.0410. The summed E-state index contributed by atoms with van der Waals surface area (Å²) >= 11 is 0. The molecule has 0 aromatic heterocycles. The molecule has 1 N–H and O–H groups in total. The molecule has 0 spiro atoms. The molecule has 1 unspecified atom stereocenters. The van der Waals surface area contributed by atoms with Gasteiger partial charge in [0.2, 0.25) is 5.91 Å². The second-order valence-corrected chi connectivity index (χ2v) is 5.81. The second-order valence-electron chi connectivity index (χ2n) is 5.81. The van der Waals surface area contributed by atoms with Crippen LogP contribution in [0.4, 0.5) is 0 Å². The highest BCUT2D eigenvalue weighted by Gasteiger charge is 2.29. The van der Waals surface area contributed by atoms with Gasteiger partial charge in [0.25, 0.3) is 0 Å². The maximum absolute atomic E-state index is 12.6. The Bertz CT molecular complexity index is 629. The summed E-state index contributed by atoms with van der Waals surface area (Å²) in [6.07, 6.45) is 1.35. The van der Waals surface area contributed by atoms with Gasteiger partial charge in [0.15, 0.2) is 0 Å². The molecule has 0 fully saturated rings. The van der Waals surface area contributed by atoms with Crippen LogP contribution >= 0.6 is 0 Å². The zero-order valence-corrected chi connectivity index (χ0v) is 13.7. The fraction of sp³-hybridized carbons (Fsp3) is 0.500. The number of rotatable bonds is 7. The van der Waals surface area contributed by atoms with E-state index in [0.717, 1.165) is 12.0 Å². The van der Waals surface area contributed by atoms with E-state index in [2.05, 4.69) is 6.07 Å². The normalized spacial score (nSPS) is 16.7. The van der Waals surface area contributed by atoms with Crippen LogP contribution in [0, 0.1) is 22.7 Å². The van der Waals surface area contributed by atoms with Crippen molar-refractivity contribution in [1.29, 1.82) is 10.5 Å². The second kappa shape index (κ2) is 9.02. The number of amides is 1. The molecule has 1 aliphatic rings. The first-order chi connectivity index (χ1) is 11.7. The van der Waals surface area contributed by atoms with E-state index in [1.165, 1.54) is 5.56 Å². The lowest BCUT2D eigenvalue weighted by Gasteiger charge is -2.37. The summed E-state index contributed by atoms with van der Waals surface area (Å²) in [5, 5.41) is 27.3. The highest BCUT2D eigenvalue weighted by Crippen LogP contribution is 2.29. The molecule has 1 aromatic rings. The van der Waals surface area contributed by atoms with Crippen molar-refractivity contribution in [2.24, 2.45) is 0 Å². The number of hydrogen-bond donors (Lipinski definition) is 1. The fourth-order valence-corrected chi connectivity index (χ4v) is 3.11. The summed E-state index contributed by atoms with van der Waals surface area (Å²) in [7, 11) is 0. The van der Waals surface area contributed by atoms with Gasteiger partial charge in [0.05, 0.1) is 44.2 Å². The van der Waals surface area contributed by atoms with E-state index in [4.69, 9.17) is 10.5 Å². The predicted octanol–water partition coefficient (Wildman–Crippen LogP) is 1.23. The highest BCUT2D eigenvalue weighted by molar-refractivity contribution is 5.78. The molecule has 0 saturated heterocycles. The SMILES string of the molecule is N#CCCN(CCC#N)C(=O)CN1CCc2ccccc2C1CO. The van der Waals surface area contributed by atoms with Gasteiger partial charge >= 0.3 is 0 Å². The summed E-state index contributed by atoms with van der Waals surface area (Å²) in [5.41, 5.74) is 2.28. The van der Waals surface area contributed by atoms with Crippen LogP contribution in [0.15, 0.2) is 24.3 Å². The van der Waals surface area contributed by atoms with Crippen molar-refractivity contribution in [2.75, 3.05) is 32.8 Å². The molecule has 0 saturated carbocycles. The molecule has 1 atom stereocenters.